The molecule has 0 atom stereocenters. The summed E-state index contributed by atoms with van der Waals surface area (Å²) in [7, 11) is 0. The standard InChI is InChI=1S/3C8H10.2C7H10.3C6H9N.3C2H6/c3*1-7-4-3-5-8(2)6-7;2*1-6-3-4-7(2)5-6;2*1-5-3-6(2)7-4-5;1-5-3-4-6(2)7-5;3*1-2/h3*3-6H,1-2H3;3,5H,4H2,1-2H3;3-4H,5H2,1-2H3;2*4H,3H2,1-2H3;3H,4H2,1-2H3;3*1-2H3. The molecule has 0 bridgehead atoms. The normalized spacial score (nSPS) is 14.0. The van der Waals surface area contributed by atoms with Crippen LogP contribution in [0.5, 0.6) is 0 Å². The summed E-state index contributed by atoms with van der Waals surface area (Å²) in [5, 5.41) is 0. The molecular weight excluding hydrogens is 787 g/mol. The third-order valence-corrected chi connectivity index (χ3v) is 9.09. The number of hydrogen-bond donors (Lipinski definition) is 0. The van der Waals surface area contributed by atoms with Gasteiger partial charge in [-0.05, 0) is 135 Å². The molecule has 2 aliphatic carbocycles. The highest BCUT2D eigenvalue weighted by Crippen LogP contribution is 2.16. The Morgan fingerprint density at radius 1 is 0.354 bits per heavy atom. The summed E-state index contributed by atoms with van der Waals surface area (Å²) in [5.74, 6) is 0. The van der Waals surface area contributed by atoms with Crippen LogP contribution in [0.25, 0.3) is 0 Å². The van der Waals surface area contributed by atoms with E-state index in [-0.39, 0.29) is 0 Å². The smallest absolute Gasteiger partial charge is 0.0336 e. The molecular formula is C62H95N3. The summed E-state index contributed by atoms with van der Waals surface area (Å²) >= 11 is 0. The summed E-state index contributed by atoms with van der Waals surface area (Å²) < 4.78 is 0. The summed E-state index contributed by atoms with van der Waals surface area (Å²) in [5.41, 5.74) is 21.5. The van der Waals surface area contributed by atoms with Crippen molar-refractivity contribution in [3.05, 3.63) is 188 Å². The number of rotatable bonds is 0. The van der Waals surface area contributed by atoms with Gasteiger partial charge in [0.25, 0.3) is 0 Å². The molecule has 3 nitrogen and oxygen atoms in total. The molecule has 3 aromatic rings. The van der Waals surface area contributed by atoms with Gasteiger partial charge in [0.15, 0.2) is 0 Å². The molecule has 0 saturated heterocycles. The van der Waals surface area contributed by atoms with Gasteiger partial charge in [0.05, 0.1) is 0 Å². The number of hydrogen-bond acceptors (Lipinski definition) is 3. The van der Waals surface area contributed by atoms with E-state index in [1.807, 2.05) is 81.6 Å². The van der Waals surface area contributed by atoms with Gasteiger partial charge in [-0.15, -0.1) is 0 Å². The number of nitrogens with zero attached hydrogens (tertiary/aromatic N) is 3. The highest BCUT2D eigenvalue weighted by molar-refractivity contribution is 5.87. The van der Waals surface area contributed by atoms with Crippen molar-refractivity contribution in [2.45, 2.75) is 184 Å². The Kier molecular flexibility index (Phi) is 39.8. The lowest BCUT2D eigenvalue weighted by Crippen LogP contribution is -1.82. The van der Waals surface area contributed by atoms with Gasteiger partial charge >= 0.3 is 0 Å². The second-order valence-electron chi connectivity index (χ2n) is 16.8. The van der Waals surface area contributed by atoms with Gasteiger partial charge in [0.2, 0.25) is 0 Å². The van der Waals surface area contributed by atoms with Gasteiger partial charge in [-0.25, -0.2) is 0 Å². The maximum absolute atomic E-state index is 4.17. The van der Waals surface area contributed by atoms with Crippen molar-refractivity contribution < 1.29 is 0 Å². The maximum atomic E-state index is 4.17. The summed E-state index contributed by atoms with van der Waals surface area (Å²) in [6.45, 7) is 45.6. The minimum Gasteiger partial charge on any atom is -0.266 e. The Balaban J connectivity index is -0.000000665. The van der Waals surface area contributed by atoms with Crippen molar-refractivity contribution in [3.63, 3.8) is 0 Å². The first-order chi connectivity index (χ1) is 30.8. The Morgan fingerprint density at radius 3 is 0.785 bits per heavy atom. The topological polar surface area (TPSA) is 37.1 Å². The predicted octanol–water partition coefficient (Wildman–Crippen LogP) is 19.8. The van der Waals surface area contributed by atoms with E-state index in [2.05, 4.69) is 201 Å². The van der Waals surface area contributed by atoms with Crippen LogP contribution in [-0.2, 0) is 0 Å². The highest BCUT2D eigenvalue weighted by atomic mass is 14.8. The van der Waals surface area contributed by atoms with Gasteiger partial charge in [0, 0.05) is 54.5 Å². The first kappa shape index (κ1) is 64.1. The van der Waals surface area contributed by atoms with Crippen LogP contribution >= 0.6 is 0 Å². The van der Waals surface area contributed by atoms with E-state index in [9.17, 15) is 0 Å². The van der Waals surface area contributed by atoms with E-state index in [1.54, 1.807) is 0 Å². The van der Waals surface area contributed by atoms with Gasteiger partial charge < -0.3 is 0 Å². The van der Waals surface area contributed by atoms with Crippen LogP contribution < -0.4 is 0 Å². The summed E-state index contributed by atoms with van der Waals surface area (Å²) in [4.78, 5) is 12.3. The zero-order valence-corrected chi connectivity index (χ0v) is 45.8. The number of aryl methyl sites for hydroxylation is 6. The second-order valence-corrected chi connectivity index (χ2v) is 16.8. The molecule has 0 fully saturated rings. The fraction of sp³-hybridized carbons (Fsp3) is 0.435. The predicted molar refractivity (Wildman–Crippen MR) is 301 cm³/mol. The number of aliphatic imine (C=N–C) groups is 3. The average molecular weight is 882 g/mol. The molecule has 0 unspecified atom stereocenters. The third-order valence-electron chi connectivity index (χ3n) is 9.09. The second kappa shape index (κ2) is 40.4. The van der Waals surface area contributed by atoms with Crippen molar-refractivity contribution >= 4 is 17.1 Å². The van der Waals surface area contributed by atoms with Crippen LogP contribution in [0, 0.1) is 41.5 Å². The average Bonchev–Trinajstić information content (AvgIpc) is 4.11. The molecule has 3 aliphatic heterocycles. The molecule has 3 aromatic carbocycles. The minimum absolute atomic E-state index is 1.06. The maximum Gasteiger partial charge on any atom is 0.0336 e. The Labute approximate surface area is 402 Å². The zero-order valence-electron chi connectivity index (χ0n) is 45.8. The van der Waals surface area contributed by atoms with E-state index in [1.165, 1.54) is 96.8 Å². The van der Waals surface area contributed by atoms with E-state index in [0.717, 1.165) is 25.0 Å². The van der Waals surface area contributed by atoms with Crippen LogP contribution in [0.3, 0.4) is 0 Å². The Hall–Kier alpha value is -5.15. The van der Waals surface area contributed by atoms with Gasteiger partial charge in [-0.1, -0.05) is 200 Å². The SMILES string of the molecule is CC.CC.CC.CC1=CC=C(C)C1.CC1=CCC(C)=C1.CC1=CCC(C)=N1.CC1=CN=C(C)C1.CC1=CN=C(C)C1.Cc1cccc(C)c1.Cc1cccc(C)c1.Cc1cccc(C)c1. The molecule has 0 aromatic heterocycles. The molecule has 0 amide bonds. The lowest BCUT2D eigenvalue weighted by molar-refractivity contribution is 1.15. The molecule has 358 valence electrons. The van der Waals surface area contributed by atoms with Crippen LogP contribution in [0.2, 0.25) is 0 Å². The Morgan fingerprint density at radius 2 is 0.692 bits per heavy atom. The van der Waals surface area contributed by atoms with Crippen molar-refractivity contribution in [1.29, 1.82) is 0 Å². The molecule has 5 aliphatic rings. The Bertz CT molecular complexity index is 1760. The lowest BCUT2D eigenvalue weighted by Gasteiger charge is -1.90. The van der Waals surface area contributed by atoms with Gasteiger partial charge in [0.1, 0.15) is 0 Å². The van der Waals surface area contributed by atoms with Gasteiger partial charge in [-0.2, -0.15) is 0 Å². The van der Waals surface area contributed by atoms with Gasteiger partial charge in [-0.3, -0.25) is 15.0 Å². The van der Waals surface area contributed by atoms with E-state index in [0.29, 0.717) is 0 Å². The first-order valence-electron chi connectivity index (χ1n) is 24.2. The molecule has 65 heavy (non-hydrogen) atoms. The molecule has 0 saturated carbocycles. The fourth-order valence-corrected chi connectivity index (χ4v) is 6.21. The minimum atomic E-state index is 1.06. The quantitative estimate of drug-likeness (QED) is 0.216. The molecule has 3 heterocycles. The molecule has 8 rings (SSSR count). The van der Waals surface area contributed by atoms with Crippen molar-refractivity contribution in [3.8, 4) is 0 Å². The molecule has 0 spiro atoms. The van der Waals surface area contributed by atoms with Crippen molar-refractivity contribution in [2.75, 3.05) is 0 Å². The monoisotopic (exact) mass is 882 g/mol. The van der Waals surface area contributed by atoms with Crippen molar-refractivity contribution in [1.82, 2.24) is 0 Å². The first-order valence-corrected chi connectivity index (χ1v) is 24.2. The van der Waals surface area contributed by atoms with Crippen LogP contribution in [-0.4, -0.2) is 17.1 Å². The van der Waals surface area contributed by atoms with Crippen LogP contribution in [0.15, 0.2) is 170 Å². The fourth-order valence-electron chi connectivity index (χ4n) is 6.21. The van der Waals surface area contributed by atoms with E-state index in [4.69, 9.17) is 0 Å². The lowest BCUT2D eigenvalue weighted by atomic mass is 10.2. The van der Waals surface area contributed by atoms with Crippen molar-refractivity contribution in [2.24, 2.45) is 15.0 Å². The third kappa shape index (κ3) is 39.0. The molecule has 0 radical (unpaired) electrons. The van der Waals surface area contributed by atoms with E-state index < -0.39 is 0 Å². The van der Waals surface area contributed by atoms with Crippen LogP contribution in [0.1, 0.15) is 176 Å². The number of allylic oxidation sites excluding steroid dienone is 12. The number of benzene rings is 3. The zero-order chi connectivity index (χ0) is 50.3. The highest BCUT2D eigenvalue weighted by Gasteiger charge is 1.99. The summed E-state index contributed by atoms with van der Waals surface area (Å²) in [6.07, 6.45) is 20.4. The summed E-state index contributed by atoms with van der Waals surface area (Å²) in [6, 6.07) is 25.3. The van der Waals surface area contributed by atoms with Crippen LogP contribution in [0.4, 0.5) is 0 Å². The van der Waals surface area contributed by atoms with E-state index >= 15 is 0 Å². The largest absolute Gasteiger partial charge is 0.266 e. The molecule has 3 heteroatoms. The molecule has 0 N–H and O–H groups in total.